The Balaban J connectivity index is 1.69. The lowest BCUT2D eigenvalue weighted by Crippen LogP contribution is -2.35. The Kier molecular flexibility index (Phi) is 4.98. The van der Waals surface area contributed by atoms with Gasteiger partial charge in [0.2, 0.25) is 0 Å². The van der Waals surface area contributed by atoms with Crippen molar-refractivity contribution in [3.8, 4) is 0 Å². The second-order valence-corrected chi connectivity index (χ2v) is 9.86. The normalized spacial score (nSPS) is 17.3. The summed E-state index contributed by atoms with van der Waals surface area (Å²) in [6, 6.07) is 16.4. The molecule has 5 heteroatoms. The number of rotatable bonds is 3. The van der Waals surface area contributed by atoms with E-state index >= 15 is 0 Å². The summed E-state index contributed by atoms with van der Waals surface area (Å²) in [6.07, 6.45) is 1.15. The topological polar surface area (TPSA) is 36.1 Å². The smallest absolute Gasteiger partial charge is 0.189 e. The van der Waals surface area contributed by atoms with Crippen molar-refractivity contribution in [1.29, 1.82) is 0 Å². The molecule has 3 rings (SSSR count). The average molecular weight is 372 g/mol. The zero-order chi connectivity index (χ0) is 18.1. The number of hydrazine groups is 1. The maximum Gasteiger partial charge on any atom is 0.189 e. The fraction of sp³-hybridized carbons (Fsp3) is 0.350. The third-order valence-corrected chi connectivity index (χ3v) is 5.79. The second kappa shape index (κ2) is 6.89. The molecule has 1 heterocycles. The van der Waals surface area contributed by atoms with Gasteiger partial charge in [-0.05, 0) is 59.9 Å². The monoisotopic (exact) mass is 371 g/mol. The van der Waals surface area contributed by atoms with Gasteiger partial charge in [0.15, 0.2) is 5.11 Å². The van der Waals surface area contributed by atoms with E-state index in [0.29, 0.717) is 5.11 Å². The van der Waals surface area contributed by atoms with Gasteiger partial charge >= 0.3 is 0 Å². The van der Waals surface area contributed by atoms with Gasteiger partial charge in [0, 0.05) is 15.3 Å². The molecule has 0 radical (unpaired) electrons. The highest BCUT2D eigenvalue weighted by Crippen LogP contribution is 2.51. The standard InChI is InChI=1S/C20H25N3S2/c1-19(2)13-20(3,4)25-17-11-10-15(12-16(17)19)21-18(24)23-22-14-8-6-5-7-9-14/h5-12,22H,13H2,1-4H3,(H2,21,23,24). The summed E-state index contributed by atoms with van der Waals surface area (Å²) in [4.78, 5) is 1.37. The largest absolute Gasteiger partial charge is 0.331 e. The fourth-order valence-electron chi connectivity index (χ4n) is 3.53. The highest BCUT2D eigenvalue weighted by atomic mass is 32.2. The molecular weight excluding hydrogens is 346 g/mol. The minimum atomic E-state index is 0.152. The highest BCUT2D eigenvalue weighted by Gasteiger charge is 2.38. The van der Waals surface area contributed by atoms with Crippen LogP contribution in [-0.4, -0.2) is 9.86 Å². The van der Waals surface area contributed by atoms with Crippen molar-refractivity contribution >= 4 is 40.5 Å². The van der Waals surface area contributed by atoms with Gasteiger partial charge in [0.25, 0.3) is 0 Å². The first-order valence-corrected chi connectivity index (χ1v) is 9.69. The number of fused-ring (bicyclic) bond motifs is 1. The lowest BCUT2D eigenvalue weighted by molar-refractivity contribution is 0.408. The maximum atomic E-state index is 5.39. The molecule has 0 unspecified atom stereocenters. The Morgan fingerprint density at radius 3 is 2.44 bits per heavy atom. The average Bonchev–Trinajstić information content (AvgIpc) is 2.53. The fourth-order valence-corrected chi connectivity index (χ4v) is 5.31. The van der Waals surface area contributed by atoms with E-state index < -0.39 is 0 Å². The summed E-state index contributed by atoms with van der Waals surface area (Å²) in [7, 11) is 0. The highest BCUT2D eigenvalue weighted by molar-refractivity contribution is 8.00. The van der Waals surface area contributed by atoms with Crippen LogP contribution >= 0.6 is 24.0 Å². The molecule has 0 fully saturated rings. The van der Waals surface area contributed by atoms with Gasteiger partial charge in [-0.3, -0.25) is 10.9 Å². The molecule has 0 spiro atoms. The number of para-hydroxylation sites is 1. The van der Waals surface area contributed by atoms with Crippen molar-refractivity contribution in [2.75, 3.05) is 10.7 Å². The number of thiocarbonyl (C=S) groups is 1. The maximum absolute atomic E-state index is 5.39. The van der Waals surface area contributed by atoms with Crippen LogP contribution in [0.3, 0.4) is 0 Å². The number of benzene rings is 2. The minimum absolute atomic E-state index is 0.152. The molecule has 0 bridgehead atoms. The van der Waals surface area contributed by atoms with Crippen LogP contribution in [0.1, 0.15) is 39.7 Å². The van der Waals surface area contributed by atoms with E-state index in [2.05, 4.69) is 62.1 Å². The van der Waals surface area contributed by atoms with Crippen molar-refractivity contribution in [2.24, 2.45) is 0 Å². The number of hydrogen-bond acceptors (Lipinski definition) is 3. The van der Waals surface area contributed by atoms with Crippen molar-refractivity contribution in [2.45, 2.75) is 49.2 Å². The third kappa shape index (κ3) is 4.47. The van der Waals surface area contributed by atoms with E-state index in [9.17, 15) is 0 Å². The van der Waals surface area contributed by atoms with Crippen LogP contribution < -0.4 is 16.2 Å². The van der Waals surface area contributed by atoms with E-state index in [1.165, 1.54) is 10.5 Å². The van der Waals surface area contributed by atoms with Gasteiger partial charge in [0.05, 0.1) is 5.69 Å². The number of hydrogen-bond donors (Lipinski definition) is 3. The van der Waals surface area contributed by atoms with Crippen molar-refractivity contribution in [1.82, 2.24) is 5.43 Å². The first-order chi connectivity index (χ1) is 11.8. The molecule has 25 heavy (non-hydrogen) atoms. The van der Waals surface area contributed by atoms with E-state index in [0.717, 1.165) is 17.8 Å². The number of anilines is 2. The van der Waals surface area contributed by atoms with E-state index in [4.69, 9.17) is 12.2 Å². The Morgan fingerprint density at radius 2 is 1.72 bits per heavy atom. The summed E-state index contributed by atoms with van der Waals surface area (Å²) < 4.78 is 0.266. The molecule has 0 saturated carbocycles. The van der Waals surface area contributed by atoms with Gasteiger partial charge in [-0.25, -0.2) is 0 Å². The molecule has 1 aliphatic rings. The number of nitrogens with one attached hydrogen (secondary N) is 3. The first kappa shape index (κ1) is 18.1. The molecule has 3 N–H and O–H groups in total. The third-order valence-electron chi connectivity index (χ3n) is 4.31. The summed E-state index contributed by atoms with van der Waals surface area (Å²) in [5.41, 5.74) is 9.65. The quantitative estimate of drug-likeness (QED) is 0.487. The van der Waals surface area contributed by atoms with Crippen LogP contribution in [0.15, 0.2) is 53.4 Å². The van der Waals surface area contributed by atoms with Crippen LogP contribution in [0.2, 0.25) is 0 Å². The van der Waals surface area contributed by atoms with Crippen molar-refractivity contribution in [3.05, 3.63) is 54.1 Å². The van der Waals surface area contributed by atoms with Gasteiger partial charge in [-0.15, -0.1) is 11.8 Å². The van der Waals surface area contributed by atoms with Crippen LogP contribution in [-0.2, 0) is 5.41 Å². The Bertz CT molecular complexity index is 770. The van der Waals surface area contributed by atoms with E-state index in [-0.39, 0.29) is 10.2 Å². The van der Waals surface area contributed by atoms with E-state index in [1.807, 2.05) is 42.1 Å². The van der Waals surface area contributed by atoms with Gasteiger partial charge in [-0.1, -0.05) is 45.9 Å². The van der Waals surface area contributed by atoms with Crippen LogP contribution in [0, 0.1) is 0 Å². The summed E-state index contributed by atoms with van der Waals surface area (Å²) in [5, 5.41) is 3.82. The molecule has 0 aromatic heterocycles. The Labute approximate surface area is 160 Å². The Hall–Kier alpha value is -1.72. The van der Waals surface area contributed by atoms with Crippen LogP contribution in [0.25, 0.3) is 0 Å². The summed E-state index contributed by atoms with van der Waals surface area (Å²) >= 11 is 7.36. The van der Waals surface area contributed by atoms with Gasteiger partial charge in [0.1, 0.15) is 0 Å². The van der Waals surface area contributed by atoms with Crippen LogP contribution in [0.4, 0.5) is 11.4 Å². The van der Waals surface area contributed by atoms with Crippen molar-refractivity contribution < 1.29 is 0 Å². The molecule has 1 aliphatic heterocycles. The predicted molar refractivity (Wildman–Crippen MR) is 113 cm³/mol. The number of thioether (sulfide) groups is 1. The SMILES string of the molecule is CC1(C)CC(C)(C)c2cc(NC(=S)NNc3ccccc3)ccc2S1. The molecule has 0 atom stereocenters. The van der Waals surface area contributed by atoms with Crippen molar-refractivity contribution in [3.63, 3.8) is 0 Å². The lowest BCUT2D eigenvalue weighted by Gasteiger charge is -2.41. The summed E-state index contributed by atoms with van der Waals surface area (Å²) in [6.45, 7) is 9.29. The molecule has 3 nitrogen and oxygen atoms in total. The molecule has 0 aliphatic carbocycles. The minimum Gasteiger partial charge on any atom is -0.331 e. The predicted octanol–water partition coefficient (Wildman–Crippen LogP) is 5.55. The molecule has 2 aromatic carbocycles. The Morgan fingerprint density at radius 1 is 1.00 bits per heavy atom. The first-order valence-electron chi connectivity index (χ1n) is 8.47. The zero-order valence-electron chi connectivity index (χ0n) is 15.1. The lowest BCUT2D eigenvalue weighted by atomic mass is 9.77. The van der Waals surface area contributed by atoms with E-state index in [1.54, 1.807) is 0 Å². The molecule has 132 valence electrons. The summed E-state index contributed by atoms with van der Waals surface area (Å²) in [5.74, 6) is 0. The molecular formula is C20H25N3S2. The van der Waals surface area contributed by atoms with Crippen LogP contribution in [0.5, 0.6) is 0 Å². The molecule has 2 aromatic rings. The van der Waals surface area contributed by atoms with Gasteiger partial charge < -0.3 is 5.32 Å². The zero-order valence-corrected chi connectivity index (χ0v) is 16.8. The molecule has 0 saturated heterocycles. The second-order valence-electron chi connectivity index (χ2n) is 7.70. The molecule has 0 amide bonds. The van der Waals surface area contributed by atoms with Gasteiger partial charge in [-0.2, -0.15) is 0 Å².